The lowest BCUT2D eigenvalue weighted by Crippen LogP contribution is -2.28. The van der Waals surface area contributed by atoms with E-state index in [1.807, 2.05) is 24.3 Å². The molecular weight excluding hydrogens is 576 g/mol. The Kier molecular flexibility index (Phi) is 7.26. The quantitative estimate of drug-likeness (QED) is 0.161. The van der Waals surface area contributed by atoms with Gasteiger partial charge < -0.3 is 9.47 Å². The van der Waals surface area contributed by atoms with Gasteiger partial charge in [0.15, 0.2) is 0 Å². The molecule has 0 aliphatic heterocycles. The van der Waals surface area contributed by atoms with E-state index in [-0.39, 0.29) is 5.41 Å². The van der Waals surface area contributed by atoms with Gasteiger partial charge in [-0.2, -0.15) is 0 Å². The fourth-order valence-corrected chi connectivity index (χ4v) is 6.34. The highest BCUT2D eigenvalue weighted by Crippen LogP contribution is 2.37. The molecule has 0 N–H and O–H groups in total. The van der Waals surface area contributed by atoms with Gasteiger partial charge in [0.05, 0.1) is 35.3 Å². The fraction of sp³-hybridized carbons (Fsp3) is 0.116. The molecule has 0 unspecified atom stereocenters. The normalized spacial score (nSPS) is 11.8. The number of hydrogen-bond donors (Lipinski definition) is 0. The number of nitrogens with zero attached hydrogens (tertiary/aromatic N) is 2. The summed E-state index contributed by atoms with van der Waals surface area (Å²) in [6.45, 7) is 5.39. The molecule has 8 rings (SSSR count). The van der Waals surface area contributed by atoms with Crippen LogP contribution in [0, 0.1) is 5.41 Å². The van der Waals surface area contributed by atoms with Crippen LogP contribution < -0.4 is 9.47 Å². The van der Waals surface area contributed by atoms with Crippen molar-refractivity contribution >= 4 is 43.6 Å². The lowest BCUT2D eigenvalue weighted by molar-refractivity contribution is 0.110. The van der Waals surface area contributed by atoms with Gasteiger partial charge in [-0.05, 0) is 59.7 Å². The van der Waals surface area contributed by atoms with Crippen molar-refractivity contribution in [1.82, 2.24) is 9.97 Å². The van der Waals surface area contributed by atoms with Gasteiger partial charge in [0.25, 0.3) is 0 Å². The minimum Gasteiger partial charge on any atom is -0.493 e. The zero-order valence-corrected chi connectivity index (χ0v) is 26.5. The SMILES string of the molecule is CC(C)(COc1ccc(-c2c3ccccc3nc3ccccc23)cc1)COc1ccc(-c2c3ccccc3nc3ccccc23)cc1. The highest BCUT2D eigenvalue weighted by atomic mass is 16.5. The Balaban J connectivity index is 0.960. The lowest BCUT2D eigenvalue weighted by atomic mass is 9.95. The molecular formula is C43H34N2O2. The summed E-state index contributed by atoms with van der Waals surface area (Å²) in [7, 11) is 0. The van der Waals surface area contributed by atoms with Crippen LogP contribution in [0.2, 0.25) is 0 Å². The first-order valence-corrected chi connectivity index (χ1v) is 16.0. The smallest absolute Gasteiger partial charge is 0.119 e. The molecule has 0 atom stereocenters. The number of ether oxygens (including phenoxy) is 2. The Morgan fingerprint density at radius 3 is 1.02 bits per heavy atom. The Hall–Kier alpha value is -5.74. The Morgan fingerprint density at radius 1 is 0.404 bits per heavy atom. The average molecular weight is 611 g/mol. The summed E-state index contributed by atoms with van der Waals surface area (Å²) in [4.78, 5) is 9.76. The van der Waals surface area contributed by atoms with Gasteiger partial charge in [0.1, 0.15) is 11.5 Å². The molecule has 0 saturated carbocycles. The summed E-state index contributed by atoms with van der Waals surface area (Å²) in [5.74, 6) is 1.68. The maximum atomic E-state index is 6.29. The van der Waals surface area contributed by atoms with Gasteiger partial charge in [0.2, 0.25) is 0 Å². The van der Waals surface area contributed by atoms with E-state index in [0.29, 0.717) is 13.2 Å². The Bertz CT molecular complexity index is 2100. The monoisotopic (exact) mass is 610 g/mol. The lowest BCUT2D eigenvalue weighted by Gasteiger charge is -2.25. The Labute approximate surface area is 274 Å². The highest BCUT2D eigenvalue weighted by molar-refractivity contribution is 6.10. The van der Waals surface area contributed by atoms with Crippen molar-refractivity contribution in [3.8, 4) is 33.8 Å². The van der Waals surface area contributed by atoms with Crippen molar-refractivity contribution < 1.29 is 9.47 Å². The fourth-order valence-electron chi connectivity index (χ4n) is 6.34. The van der Waals surface area contributed by atoms with Crippen LogP contribution in [-0.4, -0.2) is 23.2 Å². The third-order valence-corrected chi connectivity index (χ3v) is 8.72. The minimum atomic E-state index is -0.202. The van der Waals surface area contributed by atoms with Crippen molar-refractivity contribution in [2.24, 2.45) is 5.41 Å². The second-order valence-electron chi connectivity index (χ2n) is 12.8. The van der Waals surface area contributed by atoms with E-state index < -0.39 is 0 Å². The van der Waals surface area contributed by atoms with Gasteiger partial charge in [-0.25, -0.2) is 9.97 Å². The molecule has 8 aromatic rings. The van der Waals surface area contributed by atoms with E-state index >= 15 is 0 Å². The molecule has 0 saturated heterocycles. The largest absolute Gasteiger partial charge is 0.493 e. The van der Waals surface area contributed by atoms with Crippen LogP contribution in [0.3, 0.4) is 0 Å². The topological polar surface area (TPSA) is 44.2 Å². The van der Waals surface area contributed by atoms with Gasteiger partial charge in [-0.1, -0.05) is 111 Å². The number of fused-ring (bicyclic) bond motifs is 4. The van der Waals surface area contributed by atoms with Gasteiger partial charge in [0, 0.05) is 38.1 Å². The van der Waals surface area contributed by atoms with Crippen molar-refractivity contribution in [3.05, 3.63) is 146 Å². The van der Waals surface area contributed by atoms with E-state index in [9.17, 15) is 0 Å². The summed E-state index contributed by atoms with van der Waals surface area (Å²) in [6, 6.07) is 50.1. The summed E-state index contributed by atoms with van der Waals surface area (Å²) in [6.07, 6.45) is 0. The maximum absolute atomic E-state index is 6.29. The first kappa shape index (κ1) is 28.7. The maximum Gasteiger partial charge on any atom is 0.119 e. The third kappa shape index (κ3) is 5.64. The van der Waals surface area contributed by atoms with Crippen LogP contribution in [0.1, 0.15) is 13.8 Å². The molecule has 0 radical (unpaired) electrons. The zero-order valence-electron chi connectivity index (χ0n) is 26.5. The first-order valence-electron chi connectivity index (χ1n) is 16.0. The van der Waals surface area contributed by atoms with Crippen molar-refractivity contribution in [2.45, 2.75) is 13.8 Å². The van der Waals surface area contributed by atoms with Crippen LogP contribution in [-0.2, 0) is 0 Å². The minimum absolute atomic E-state index is 0.202. The molecule has 0 fully saturated rings. The van der Waals surface area contributed by atoms with E-state index in [1.165, 1.54) is 11.1 Å². The van der Waals surface area contributed by atoms with Gasteiger partial charge in [-0.15, -0.1) is 0 Å². The van der Waals surface area contributed by atoms with Crippen molar-refractivity contribution in [1.29, 1.82) is 0 Å². The summed E-state index contributed by atoms with van der Waals surface area (Å²) in [5, 5.41) is 4.59. The van der Waals surface area contributed by atoms with E-state index in [1.54, 1.807) is 0 Å². The molecule has 0 aliphatic carbocycles. The third-order valence-electron chi connectivity index (χ3n) is 8.72. The second-order valence-corrected chi connectivity index (χ2v) is 12.8. The molecule has 228 valence electrons. The number of hydrogen-bond acceptors (Lipinski definition) is 4. The number of rotatable bonds is 8. The molecule has 0 aliphatic rings. The molecule has 0 amide bonds. The van der Waals surface area contributed by atoms with Crippen LogP contribution in [0.5, 0.6) is 11.5 Å². The average Bonchev–Trinajstić information content (AvgIpc) is 3.12. The molecule has 0 spiro atoms. The van der Waals surface area contributed by atoms with E-state index in [0.717, 1.165) is 66.2 Å². The number of benzene rings is 6. The number of aromatic nitrogens is 2. The van der Waals surface area contributed by atoms with Crippen LogP contribution in [0.15, 0.2) is 146 Å². The predicted molar refractivity (Wildman–Crippen MR) is 194 cm³/mol. The molecule has 4 nitrogen and oxygen atoms in total. The number of pyridine rings is 2. The first-order chi connectivity index (χ1) is 23.0. The molecule has 47 heavy (non-hydrogen) atoms. The molecule has 2 aromatic heterocycles. The molecule has 0 bridgehead atoms. The molecule has 2 heterocycles. The number of para-hydroxylation sites is 4. The highest BCUT2D eigenvalue weighted by Gasteiger charge is 2.21. The predicted octanol–water partition coefficient (Wildman–Crippen LogP) is 10.9. The Morgan fingerprint density at radius 2 is 0.702 bits per heavy atom. The van der Waals surface area contributed by atoms with E-state index in [2.05, 4.69) is 135 Å². The van der Waals surface area contributed by atoms with Gasteiger partial charge in [-0.3, -0.25) is 0 Å². The molecule has 6 aromatic carbocycles. The van der Waals surface area contributed by atoms with Crippen molar-refractivity contribution in [3.63, 3.8) is 0 Å². The van der Waals surface area contributed by atoms with Crippen LogP contribution in [0.25, 0.3) is 65.9 Å². The zero-order chi connectivity index (χ0) is 31.8. The van der Waals surface area contributed by atoms with Crippen LogP contribution >= 0.6 is 0 Å². The van der Waals surface area contributed by atoms with Crippen molar-refractivity contribution in [2.75, 3.05) is 13.2 Å². The van der Waals surface area contributed by atoms with Crippen LogP contribution in [0.4, 0.5) is 0 Å². The second kappa shape index (κ2) is 11.9. The summed E-state index contributed by atoms with van der Waals surface area (Å²) >= 11 is 0. The standard InChI is InChI=1S/C43H34N2O2/c1-43(2,27-46-31-23-19-29(20-24-31)41-33-11-3-7-15-37(33)44-38-16-8-4-12-34(38)41)28-47-32-25-21-30(22-26-32)42-35-13-5-9-17-39(35)45-40-18-10-6-14-36(40)42/h3-26H,27-28H2,1-2H3. The van der Waals surface area contributed by atoms with Gasteiger partial charge >= 0.3 is 0 Å². The summed E-state index contributed by atoms with van der Waals surface area (Å²) in [5.41, 5.74) is 8.47. The van der Waals surface area contributed by atoms with E-state index in [4.69, 9.17) is 19.4 Å². The summed E-state index contributed by atoms with van der Waals surface area (Å²) < 4.78 is 12.6. The molecule has 4 heteroatoms.